The van der Waals surface area contributed by atoms with Crippen molar-refractivity contribution in [2.75, 3.05) is 0 Å². The predicted molar refractivity (Wildman–Crippen MR) is 67.9 cm³/mol. The topological polar surface area (TPSA) is 89.3 Å². The Labute approximate surface area is 105 Å². The van der Waals surface area contributed by atoms with Crippen molar-refractivity contribution in [3.05, 3.63) is 42.2 Å². The molecule has 0 radical (unpaired) electrons. The van der Waals surface area contributed by atoms with E-state index >= 15 is 0 Å². The van der Waals surface area contributed by atoms with Crippen molar-refractivity contribution in [1.82, 2.24) is 14.5 Å². The molecule has 3 N–H and O–H groups in total. The Morgan fingerprint density at radius 1 is 1.50 bits per heavy atom. The third-order valence-corrected chi connectivity index (χ3v) is 2.63. The molecule has 0 aliphatic rings. The van der Waals surface area contributed by atoms with Crippen LogP contribution in [0.3, 0.4) is 0 Å². The monoisotopic (exact) mass is 245 g/mol. The summed E-state index contributed by atoms with van der Waals surface area (Å²) in [7, 11) is 0. The minimum absolute atomic E-state index is 0.0588. The lowest BCUT2D eigenvalue weighted by Crippen LogP contribution is -2.17. The van der Waals surface area contributed by atoms with Crippen molar-refractivity contribution < 1.29 is 5.21 Å². The van der Waals surface area contributed by atoms with Crippen LogP contribution in [0, 0.1) is 0 Å². The summed E-state index contributed by atoms with van der Waals surface area (Å²) >= 11 is 0. The van der Waals surface area contributed by atoms with E-state index in [2.05, 4.69) is 22.0 Å². The lowest BCUT2D eigenvalue weighted by molar-refractivity contribution is 0.318. The number of imidazole rings is 1. The molecule has 0 spiro atoms. The van der Waals surface area contributed by atoms with Crippen LogP contribution in [0.5, 0.6) is 0 Å². The van der Waals surface area contributed by atoms with Crippen LogP contribution in [-0.2, 0) is 6.42 Å². The first-order chi connectivity index (χ1) is 8.77. The predicted octanol–water partition coefficient (Wildman–Crippen LogP) is 1.31. The van der Waals surface area contributed by atoms with E-state index in [0.717, 1.165) is 24.4 Å². The molecule has 2 rings (SSSR count). The zero-order valence-corrected chi connectivity index (χ0v) is 10.1. The van der Waals surface area contributed by atoms with Crippen molar-refractivity contribution >= 4 is 5.84 Å². The van der Waals surface area contributed by atoms with E-state index in [1.807, 2.05) is 10.8 Å². The summed E-state index contributed by atoms with van der Waals surface area (Å²) in [6.07, 6.45) is 8.71. The number of aromatic nitrogens is 3. The summed E-state index contributed by atoms with van der Waals surface area (Å²) in [6, 6.07) is 1.71. The second-order valence-electron chi connectivity index (χ2n) is 3.84. The van der Waals surface area contributed by atoms with Crippen LogP contribution in [0.4, 0.5) is 0 Å². The van der Waals surface area contributed by atoms with Gasteiger partial charge in [-0.25, -0.2) is 4.98 Å². The van der Waals surface area contributed by atoms with E-state index in [4.69, 9.17) is 10.9 Å². The Morgan fingerprint density at radius 2 is 2.33 bits per heavy atom. The van der Waals surface area contributed by atoms with Crippen molar-refractivity contribution in [2.45, 2.75) is 19.8 Å². The number of hydrogen-bond donors (Lipinski definition) is 2. The van der Waals surface area contributed by atoms with Gasteiger partial charge in [0.1, 0.15) is 5.82 Å². The maximum absolute atomic E-state index is 8.80. The quantitative estimate of drug-likeness (QED) is 0.368. The molecule has 18 heavy (non-hydrogen) atoms. The highest BCUT2D eigenvalue weighted by atomic mass is 16.4. The van der Waals surface area contributed by atoms with E-state index in [9.17, 15) is 0 Å². The van der Waals surface area contributed by atoms with Crippen LogP contribution in [-0.4, -0.2) is 25.6 Å². The van der Waals surface area contributed by atoms with E-state index < -0.39 is 0 Å². The molecule has 2 aromatic heterocycles. The van der Waals surface area contributed by atoms with Gasteiger partial charge in [0.05, 0.1) is 11.9 Å². The molecule has 2 heterocycles. The lowest BCUT2D eigenvalue weighted by atomic mass is 10.2. The van der Waals surface area contributed by atoms with Gasteiger partial charge in [-0.05, 0) is 12.5 Å². The smallest absolute Gasteiger partial charge is 0.172 e. The van der Waals surface area contributed by atoms with Crippen LogP contribution in [0.15, 0.2) is 36.0 Å². The van der Waals surface area contributed by atoms with E-state index in [-0.39, 0.29) is 5.84 Å². The molecule has 0 fully saturated rings. The average molecular weight is 245 g/mol. The molecule has 0 aromatic carbocycles. The van der Waals surface area contributed by atoms with E-state index in [1.165, 1.54) is 0 Å². The first-order valence-corrected chi connectivity index (χ1v) is 5.72. The summed E-state index contributed by atoms with van der Waals surface area (Å²) in [5.41, 5.74) is 7.05. The molecule has 0 saturated carbocycles. The highest BCUT2D eigenvalue weighted by Gasteiger charge is 2.11. The van der Waals surface area contributed by atoms with Crippen LogP contribution in [0.1, 0.15) is 24.7 Å². The number of pyridine rings is 1. The van der Waals surface area contributed by atoms with Gasteiger partial charge in [0.25, 0.3) is 0 Å². The number of nitrogens with zero attached hydrogens (tertiary/aromatic N) is 4. The number of aryl methyl sites for hydroxylation is 1. The third-order valence-electron chi connectivity index (χ3n) is 2.63. The van der Waals surface area contributed by atoms with Gasteiger partial charge < -0.3 is 15.5 Å². The summed E-state index contributed by atoms with van der Waals surface area (Å²) in [4.78, 5) is 8.38. The van der Waals surface area contributed by atoms with Crippen LogP contribution in [0.2, 0.25) is 0 Å². The summed E-state index contributed by atoms with van der Waals surface area (Å²) in [5.74, 6) is 0.987. The van der Waals surface area contributed by atoms with Crippen molar-refractivity contribution in [3.63, 3.8) is 0 Å². The number of oxime groups is 1. The number of rotatable bonds is 4. The minimum Gasteiger partial charge on any atom is -0.409 e. The van der Waals surface area contributed by atoms with Gasteiger partial charge in [0, 0.05) is 30.6 Å². The Morgan fingerprint density at radius 3 is 3.06 bits per heavy atom. The van der Waals surface area contributed by atoms with Gasteiger partial charge >= 0.3 is 0 Å². The molecule has 6 heteroatoms. The molecule has 6 nitrogen and oxygen atoms in total. The number of amidine groups is 1. The Hall–Kier alpha value is -2.37. The first-order valence-electron chi connectivity index (χ1n) is 5.72. The second kappa shape index (κ2) is 5.31. The summed E-state index contributed by atoms with van der Waals surface area (Å²) in [6.45, 7) is 2.09. The minimum atomic E-state index is 0.0588. The normalized spacial score (nSPS) is 11.7. The second-order valence-corrected chi connectivity index (χ2v) is 3.84. The molecule has 0 aliphatic carbocycles. The lowest BCUT2D eigenvalue weighted by Gasteiger charge is -2.11. The van der Waals surface area contributed by atoms with Gasteiger partial charge in [-0.2, -0.15) is 0 Å². The molecule has 0 saturated heterocycles. The van der Waals surface area contributed by atoms with Crippen molar-refractivity contribution in [1.29, 1.82) is 0 Å². The van der Waals surface area contributed by atoms with Gasteiger partial charge in [-0.1, -0.05) is 12.1 Å². The fourth-order valence-corrected chi connectivity index (χ4v) is 1.81. The summed E-state index contributed by atoms with van der Waals surface area (Å²) < 4.78 is 1.91. The molecule has 0 atom stereocenters. The van der Waals surface area contributed by atoms with Crippen molar-refractivity contribution in [3.8, 4) is 5.69 Å². The fourth-order valence-electron chi connectivity index (χ4n) is 1.81. The molecule has 0 aliphatic heterocycles. The largest absolute Gasteiger partial charge is 0.409 e. The molecular weight excluding hydrogens is 230 g/mol. The standard InChI is InChI=1S/C12H15N5O/c1-2-3-11-15-6-7-17(11)10-8-14-5-4-9(10)12(13)16-18/h4-8,18H,2-3H2,1H3,(H2,13,16). The van der Waals surface area contributed by atoms with E-state index in [1.54, 1.807) is 24.7 Å². The Bertz CT molecular complexity index is 561. The summed E-state index contributed by atoms with van der Waals surface area (Å²) in [5, 5.41) is 11.8. The van der Waals surface area contributed by atoms with Crippen molar-refractivity contribution in [2.24, 2.45) is 10.9 Å². The third kappa shape index (κ3) is 2.17. The van der Waals surface area contributed by atoms with Crippen LogP contribution >= 0.6 is 0 Å². The van der Waals surface area contributed by atoms with E-state index in [0.29, 0.717) is 5.56 Å². The molecule has 0 unspecified atom stereocenters. The Kier molecular flexibility index (Phi) is 3.57. The highest BCUT2D eigenvalue weighted by molar-refractivity contribution is 6.00. The van der Waals surface area contributed by atoms with Gasteiger partial charge in [0.2, 0.25) is 0 Å². The zero-order valence-electron chi connectivity index (χ0n) is 10.1. The highest BCUT2D eigenvalue weighted by Crippen LogP contribution is 2.15. The zero-order chi connectivity index (χ0) is 13.0. The fraction of sp³-hybridized carbons (Fsp3) is 0.250. The molecule has 0 amide bonds. The van der Waals surface area contributed by atoms with Gasteiger partial charge in [-0.15, -0.1) is 0 Å². The average Bonchev–Trinajstić information content (AvgIpc) is 2.86. The van der Waals surface area contributed by atoms with Crippen LogP contribution < -0.4 is 5.73 Å². The SMILES string of the molecule is CCCc1nccn1-c1cnccc1/C(N)=N/O. The molecular formula is C12H15N5O. The molecule has 0 bridgehead atoms. The molecule has 2 aromatic rings. The van der Waals surface area contributed by atoms with Gasteiger partial charge in [0.15, 0.2) is 5.84 Å². The number of hydrogen-bond acceptors (Lipinski definition) is 4. The van der Waals surface area contributed by atoms with Crippen LogP contribution in [0.25, 0.3) is 5.69 Å². The first kappa shape index (κ1) is 12.1. The maximum Gasteiger partial charge on any atom is 0.172 e. The van der Waals surface area contributed by atoms with Gasteiger partial charge in [-0.3, -0.25) is 4.98 Å². The number of nitrogens with two attached hydrogens (primary N) is 1. The Balaban J connectivity index is 2.53. The maximum atomic E-state index is 8.80. The molecule has 94 valence electrons.